The number of carboxylic acid groups (broad SMARTS) is 6. The number of aryl methyl sites for hydroxylation is 1. The summed E-state index contributed by atoms with van der Waals surface area (Å²) in [4.78, 5) is 145. The van der Waals surface area contributed by atoms with Crippen LogP contribution in [-0.4, -0.2) is 230 Å². The van der Waals surface area contributed by atoms with Gasteiger partial charge in [0.05, 0.1) is 19.6 Å². The van der Waals surface area contributed by atoms with Gasteiger partial charge in [0, 0.05) is 104 Å². The second kappa shape index (κ2) is 39.7. The van der Waals surface area contributed by atoms with Crippen LogP contribution in [0.15, 0.2) is 48.5 Å². The Hall–Kier alpha value is -7.75. The predicted octanol–water partition coefficient (Wildman–Crippen LogP) is 1.12. The van der Waals surface area contributed by atoms with E-state index in [-0.39, 0.29) is 122 Å². The molecule has 1 aliphatic rings. The van der Waals surface area contributed by atoms with E-state index in [4.69, 9.17) is 5.11 Å². The zero-order valence-corrected chi connectivity index (χ0v) is 48.6. The fourth-order valence-corrected chi connectivity index (χ4v) is 9.67. The monoisotopic (exact) mass is 1200 g/mol. The fourth-order valence-electron chi connectivity index (χ4n) is 9.67. The van der Waals surface area contributed by atoms with Gasteiger partial charge in [-0.05, 0) is 81.0 Å². The Balaban J connectivity index is 1.69. The molecule has 1 aliphatic heterocycles. The van der Waals surface area contributed by atoms with Crippen LogP contribution in [-0.2, 0) is 65.6 Å². The first-order valence-electron chi connectivity index (χ1n) is 29.0. The first-order valence-corrected chi connectivity index (χ1v) is 29.0. The maximum Gasteiger partial charge on any atom is 0.326 e. The highest BCUT2D eigenvalue weighted by Crippen LogP contribution is 2.19. The SMILES string of the molecule is Cc1cc(CC(NC(=O)CCC(C(=O)O)N2CCN(CC(=O)O)CCN(CC(=O)O)CCN(CC(=O)O)CC2)C(=O)NC(Cc2ccccc2)C(=O)NC(CCCCNC(=O)CCCCCCC(=O)NCCCCCC(=O)O)C(=O)O)ccc1O. The van der Waals surface area contributed by atoms with E-state index in [1.54, 1.807) is 48.2 Å². The van der Waals surface area contributed by atoms with Gasteiger partial charge in [-0.15, -0.1) is 0 Å². The molecule has 0 saturated carbocycles. The summed E-state index contributed by atoms with van der Waals surface area (Å²) in [7, 11) is 0. The number of carbonyl (C=O) groups excluding carboxylic acids is 5. The lowest BCUT2D eigenvalue weighted by molar-refractivity contribution is -0.145. The van der Waals surface area contributed by atoms with Gasteiger partial charge < -0.3 is 62.3 Å². The lowest BCUT2D eigenvalue weighted by Crippen LogP contribution is -2.57. The number of carbonyl (C=O) groups is 11. The van der Waals surface area contributed by atoms with Crippen LogP contribution in [0.4, 0.5) is 0 Å². The van der Waals surface area contributed by atoms with E-state index in [1.807, 2.05) is 0 Å². The van der Waals surface area contributed by atoms with Crippen molar-refractivity contribution in [1.29, 1.82) is 0 Å². The summed E-state index contributed by atoms with van der Waals surface area (Å²) in [6.07, 6.45) is 5.10. The standard InChI is InChI=1S/C58H87N9O18/c1-40-34-42(20-22-47(40)68)36-44(61-50(71)23-21-46(58(84)85)67-32-30-65(38-53(76)77)28-26-64(37-52(74)75)27-29-66(31-33-67)39-54(78)79)55(80)63-45(35-41-14-6-4-7-15-41)56(81)62-43(57(82)83)16-11-13-25-60-49(70)18-9-3-2-8-17-48(69)59-24-12-5-10-19-51(72)73/h4,6-7,14-15,20,22,34,43-46,68H,2-3,5,8-13,16-19,21,23-33,35-39H2,1H3,(H,59,69)(H,60,70)(H,61,71)(H,62,81)(H,63,80)(H,72,73)(H,74,75)(H,76,77)(H,78,79)(H,82,83)(H,84,85). The number of nitrogens with zero attached hydrogens (tertiary/aromatic N) is 4. The molecule has 85 heavy (non-hydrogen) atoms. The molecule has 1 fully saturated rings. The summed E-state index contributed by atoms with van der Waals surface area (Å²) in [6, 6.07) is 7.54. The highest BCUT2D eigenvalue weighted by Gasteiger charge is 2.33. The van der Waals surface area contributed by atoms with Gasteiger partial charge >= 0.3 is 35.8 Å². The molecular formula is C58H87N9O18. The van der Waals surface area contributed by atoms with Crippen molar-refractivity contribution >= 4 is 65.4 Å². The molecule has 3 rings (SSSR count). The fraction of sp³-hybridized carbons (Fsp3) is 0.603. The third-order valence-corrected chi connectivity index (χ3v) is 14.4. The molecule has 0 bridgehead atoms. The number of unbranched alkanes of at least 4 members (excludes halogenated alkanes) is 6. The largest absolute Gasteiger partial charge is 0.508 e. The van der Waals surface area contributed by atoms with E-state index in [0.29, 0.717) is 68.2 Å². The molecule has 12 N–H and O–H groups in total. The minimum atomic E-state index is -1.41. The van der Waals surface area contributed by atoms with E-state index in [1.165, 1.54) is 26.8 Å². The summed E-state index contributed by atoms with van der Waals surface area (Å²) in [6.45, 7) is 1.46. The summed E-state index contributed by atoms with van der Waals surface area (Å²) < 4.78 is 0. The quantitative estimate of drug-likeness (QED) is 0.0417. The Kier molecular flexibility index (Phi) is 33.4. The van der Waals surface area contributed by atoms with E-state index in [9.17, 15) is 83.4 Å². The highest BCUT2D eigenvalue weighted by atomic mass is 16.4. The highest BCUT2D eigenvalue weighted by molar-refractivity contribution is 5.94. The van der Waals surface area contributed by atoms with Crippen LogP contribution < -0.4 is 26.6 Å². The second-order valence-corrected chi connectivity index (χ2v) is 21.3. The molecule has 0 aliphatic carbocycles. The van der Waals surface area contributed by atoms with Gasteiger partial charge in [-0.2, -0.15) is 0 Å². The Morgan fingerprint density at radius 2 is 0.906 bits per heavy atom. The van der Waals surface area contributed by atoms with Crippen molar-refractivity contribution in [2.45, 2.75) is 140 Å². The molecular weight excluding hydrogens is 1110 g/mol. The molecule has 5 amide bonds. The van der Waals surface area contributed by atoms with Crippen molar-refractivity contribution in [2.24, 2.45) is 0 Å². The third-order valence-electron chi connectivity index (χ3n) is 14.4. The van der Waals surface area contributed by atoms with Crippen LogP contribution in [0.2, 0.25) is 0 Å². The molecule has 27 nitrogen and oxygen atoms in total. The molecule has 0 spiro atoms. The molecule has 1 saturated heterocycles. The zero-order valence-electron chi connectivity index (χ0n) is 48.6. The number of benzene rings is 2. The Labute approximate surface area is 494 Å². The first-order chi connectivity index (χ1) is 40.5. The average molecular weight is 1200 g/mol. The third kappa shape index (κ3) is 31.1. The molecule has 4 unspecified atom stereocenters. The normalized spacial score (nSPS) is 15.3. The summed E-state index contributed by atoms with van der Waals surface area (Å²) >= 11 is 0. The van der Waals surface area contributed by atoms with Gasteiger partial charge in [0.1, 0.15) is 29.9 Å². The number of amides is 5. The minimum absolute atomic E-state index is 0.0130. The smallest absolute Gasteiger partial charge is 0.326 e. The van der Waals surface area contributed by atoms with E-state index < -0.39 is 97.2 Å². The number of carboxylic acids is 6. The van der Waals surface area contributed by atoms with E-state index >= 15 is 0 Å². The van der Waals surface area contributed by atoms with Crippen molar-refractivity contribution in [3.05, 3.63) is 65.2 Å². The van der Waals surface area contributed by atoms with Gasteiger partial charge in [-0.1, -0.05) is 61.7 Å². The van der Waals surface area contributed by atoms with Crippen LogP contribution in [0.25, 0.3) is 0 Å². The minimum Gasteiger partial charge on any atom is -0.508 e. The van der Waals surface area contributed by atoms with E-state index in [0.717, 1.165) is 19.3 Å². The van der Waals surface area contributed by atoms with Crippen molar-refractivity contribution < 1.29 is 88.5 Å². The summed E-state index contributed by atoms with van der Waals surface area (Å²) in [5.41, 5.74) is 1.54. The van der Waals surface area contributed by atoms with Gasteiger partial charge in [0.25, 0.3) is 0 Å². The maximum absolute atomic E-state index is 14.5. The van der Waals surface area contributed by atoms with Gasteiger partial charge in [0.2, 0.25) is 29.5 Å². The number of hydrogen-bond acceptors (Lipinski definition) is 16. The number of hydrogen-bond donors (Lipinski definition) is 12. The topological polar surface area (TPSA) is 402 Å². The van der Waals surface area contributed by atoms with Crippen LogP contribution in [0.5, 0.6) is 5.75 Å². The zero-order chi connectivity index (χ0) is 62.7. The Bertz CT molecular complexity index is 2470. The molecule has 27 heteroatoms. The molecule has 472 valence electrons. The molecule has 0 aromatic heterocycles. The second-order valence-electron chi connectivity index (χ2n) is 21.3. The average Bonchev–Trinajstić information content (AvgIpc) is 3.44. The summed E-state index contributed by atoms with van der Waals surface area (Å²) in [5, 5.41) is 82.2. The molecule has 0 radical (unpaired) electrons. The first kappa shape index (κ1) is 71.5. The number of phenols is 1. The number of aromatic hydroxyl groups is 1. The van der Waals surface area contributed by atoms with Crippen LogP contribution in [0, 0.1) is 6.92 Å². The molecule has 4 atom stereocenters. The number of rotatable bonds is 39. The molecule has 2 aromatic carbocycles. The van der Waals surface area contributed by atoms with Crippen molar-refractivity contribution in [2.75, 3.05) is 85.1 Å². The van der Waals surface area contributed by atoms with Gasteiger partial charge in [-0.25, -0.2) is 4.79 Å². The van der Waals surface area contributed by atoms with Gasteiger partial charge in [-0.3, -0.25) is 67.5 Å². The van der Waals surface area contributed by atoms with Crippen LogP contribution in [0.3, 0.4) is 0 Å². The lowest BCUT2D eigenvalue weighted by Gasteiger charge is -2.35. The van der Waals surface area contributed by atoms with Crippen LogP contribution in [0.1, 0.15) is 113 Å². The Morgan fingerprint density at radius 1 is 0.447 bits per heavy atom. The predicted molar refractivity (Wildman–Crippen MR) is 308 cm³/mol. The van der Waals surface area contributed by atoms with E-state index in [2.05, 4.69) is 26.6 Å². The van der Waals surface area contributed by atoms with Crippen molar-refractivity contribution in [3.63, 3.8) is 0 Å². The van der Waals surface area contributed by atoms with Gasteiger partial charge in [0.15, 0.2) is 0 Å². The number of aliphatic carboxylic acids is 6. The molecule has 2 aromatic rings. The lowest BCUT2D eigenvalue weighted by atomic mass is 10.00. The Morgan fingerprint density at radius 3 is 1.39 bits per heavy atom. The van der Waals surface area contributed by atoms with Crippen LogP contribution >= 0.6 is 0 Å². The maximum atomic E-state index is 14.5. The number of nitrogens with one attached hydrogen (secondary N) is 5. The van der Waals surface area contributed by atoms with Crippen molar-refractivity contribution in [1.82, 2.24) is 46.2 Å². The molecule has 1 heterocycles. The van der Waals surface area contributed by atoms with Crippen molar-refractivity contribution in [3.8, 4) is 5.75 Å². The summed E-state index contributed by atoms with van der Waals surface area (Å²) in [5.74, 6) is -9.75. The number of phenolic OH excluding ortho intramolecular Hbond substituents is 1.